The molecule has 1 rings (SSSR count). The normalized spacial score (nSPS) is 21.2. The van der Waals surface area contributed by atoms with Crippen molar-refractivity contribution in [3.63, 3.8) is 0 Å². The molecule has 0 spiro atoms. The van der Waals surface area contributed by atoms with E-state index < -0.39 is 15.6 Å². The quantitative estimate of drug-likeness (QED) is 0.656. The molecule has 6 heteroatoms. The van der Waals surface area contributed by atoms with E-state index in [1.165, 1.54) is 4.31 Å². The molecular formula is C8H14N2O3S. The van der Waals surface area contributed by atoms with Crippen molar-refractivity contribution in [2.75, 3.05) is 18.8 Å². The van der Waals surface area contributed by atoms with E-state index in [2.05, 4.69) is 0 Å². The number of unbranched alkanes of at least 4 members (excludes halogenated alkanes) is 1. The summed E-state index contributed by atoms with van der Waals surface area (Å²) in [5.74, 6) is -0.00333. The first-order valence-electron chi connectivity index (χ1n) is 4.44. The Labute approximate surface area is 84.0 Å². The summed E-state index contributed by atoms with van der Waals surface area (Å²) in [4.78, 5) is 0. The number of nitriles is 1. The summed E-state index contributed by atoms with van der Waals surface area (Å²) in [6, 6.07) is 1.90. The van der Waals surface area contributed by atoms with Crippen LogP contribution in [0.3, 0.4) is 0 Å². The van der Waals surface area contributed by atoms with Crippen molar-refractivity contribution in [2.24, 2.45) is 0 Å². The highest BCUT2D eigenvalue weighted by molar-refractivity contribution is 7.89. The second-order valence-electron chi connectivity index (χ2n) is 3.84. The highest BCUT2D eigenvalue weighted by atomic mass is 32.2. The van der Waals surface area contributed by atoms with Crippen molar-refractivity contribution >= 4 is 10.0 Å². The summed E-state index contributed by atoms with van der Waals surface area (Å²) in [6.07, 6.45) is 0.612. The summed E-state index contributed by atoms with van der Waals surface area (Å²) in [7, 11) is -3.24. The Hall–Kier alpha value is -0.640. The third kappa shape index (κ3) is 2.67. The number of aliphatic hydroxyl groups is 1. The topological polar surface area (TPSA) is 81.4 Å². The van der Waals surface area contributed by atoms with Gasteiger partial charge in [0.15, 0.2) is 0 Å². The van der Waals surface area contributed by atoms with Gasteiger partial charge >= 0.3 is 0 Å². The van der Waals surface area contributed by atoms with Crippen LogP contribution in [0.5, 0.6) is 0 Å². The van der Waals surface area contributed by atoms with E-state index >= 15 is 0 Å². The van der Waals surface area contributed by atoms with Crippen LogP contribution in [0.1, 0.15) is 19.8 Å². The Balaban J connectivity index is 2.41. The molecule has 0 aromatic carbocycles. The number of hydrogen-bond donors (Lipinski definition) is 1. The molecule has 1 N–H and O–H groups in total. The molecule has 1 heterocycles. The van der Waals surface area contributed by atoms with Gasteiger partial charge in [-0.15, -0.1) is 0 Å². The molecule has 0 aromatic heterocycles. The van der Waals surface area contributed by atoms with Gasteiger partial charge < -0.3 is 5.11 Å². The van der Waals surface area contributed by atoms with Gasteiger partial charge in [-0.1, -0.05) is 0 Å². The van der Waals surface area contributed by atoms with E-state index in [4.69, 9.17) is 5.26 Å². The fourth-order valence-corrected chi connectivity index (χ4v) is 3.09. The van der Waals surface area contributed by atoms with Crippen LogP contribution in [0.25, 0.3) is 0 Å². The average Bonchev–Trinajstić information content (AvgIpc) is 2.00. The number of sulfonamides is 1. The maximum atomic E-state index is 11.5. The summed E-state index contributed by atoms with van der Waals surface area (Å²) < 4.78 is 24.2. The number of nitrogens with zero attached hydrogens (tertiary/aromatic N) is 2. The van der Waals surface area contributed by atoms with Gasteiger partial charge in [0, 0.05) is 19.5 Å². The molecule has 0 unspecified atom stereocenters. The Morgan fingerprint density at radius 2 is 2.14 bits per heavy atom. The molecule has 0 aromatic rings. The van der Waals surface area contributed by atoms with Gasteiger partial charge in [-0.3, -0.25) is 0 Å². The van der Waals surface area contributed by atoms with E-state index in [1.54, 1.807) is 6.92 Å². The average molecular weight is 218 g/mol. The lowest BCUT2D eigenvalue weighted by Crippen LogP contribution is -2.61. The molecule has 14 heavy (non-hydrogen) atoms. The zero-order chi connectivity index (χ0) is 10.8. The highest BCUT2D eigenvalue weighted by Gasteiger charge is 2.42. The molecule has 1 fully saturated rings. The molecule has 0 bridgehead atoms. The Morgan fingerprint density at radius 1 is 1.57 bits per heavy atom. The van der Waals surface area contributed by atoms with Crippen molar-refractivity contribution in [2.45, 2.75) is 25.4 Å². The first-order chi connectivity index (χ1) is 6.37. The van der Waals surface area contributed by atoms with Crippen LogP contribution < -0.4 is 0 Å². The minimum atomic E-state index is -3.24. The Morgan fingerprint density at radius 3 is 2.57 bits per heavy atom. The lowest BCUT2D eigenvalue weighted by Gasteiger charge is -2.42. The molecule has 1 aliphatic rings. The smallest absolute Gasteiger partial charge is 0.214 e. The van der Waals surface area contributed by atoms with Gasteiger partial charge in [-0.05, 0) is 13.3 Å². The molecule has 0 aliphatic carbocycles. The first-order valence-corrected chi connectivity index (χ1v) is 6.05. The van der Waals surface area contributed by atoms with E-state index in [1.807, 2.05) is 6.07 Å². The molecule has 0 atom stereocenters. The summed E-state index contributed by atoms with van der Waals surface area (Å²) in [5.41, 5.74) is -0.873. The van der Waals surface area contributed by atoms with Crippen molar-refractivity contribution in [1.29, 1.82) is 5.26 Å². The minimum Gasteiger partial charge on any atom is -0.387 e. The van der Waals surface area contributed by atoms with Gasteiger partial charge in [0.25, 0.3) is 0 Å². The molecule has 1 aliphatic heterocycles. The largest absolute Gasteiger partial charge is 0.387 e. The lowest BCUT2D eigenvalue weighted by atomic mass is 10.0. The van der Waals surface area contributed by atoms with Crippen molar-refractivity contribution in [1.82, 2.24) is 4.31 Å². The third-order valence-electron chi connectivity index (χ3n) is 2.12. The minimum absolute atomic E-state index is 0.00333. The van der Waals surface area contributed by atoms with Gasteiger partial charge in [-0.25, -0.2) is 8.42 Å². The van der Waals surface area contributed by atoms with Gasteiger partial charge in [0.2, 0.25) is 10.0 Å². The van der Waals surface area contributed by atoms with Crippen LogP contribution in [0.2, 0.25) is 0 Å². The van der Waals surface area contributed by atoms with Crippen molar-refractivity contribution in [3.05, 3.63) is 0 Å². The van der Waals surface area contributed by atoms with Crippen molar-refractivity contribution < 1.29 is 13.5 Å². The SMILES string of the molecule is CC1(O)CN(S(=O)(=O)CCCC#N)C1. The predicted molar refractivity (Wildman–Crippen MR) is 50.8 cm³/mol. The van der Waals surface area contributed by atoms with E-state index in [-0.39, 0.29) is 25.3 Å². The molecular weight excluding hydrogens is 204 g/mol. The van der Waals surface area contributed by atoms with Crippen LogP contribution in [0.4, 0.5) is 0 Å². The van der Waals surface area contributed by atoms with Crippen LogP contribution in [0.15, 0.2) is 0 Å². The molecule has 80 valence electrons. The third-order valence-corrected chi connectivity index (χ3v) is 3.97. The number of hydrogen-bond acceptors (Lipinski definition) is 4. The fraction of sp³-hybridized carbons (Fsp3) is 0.875. The van der Waals surface area contributed by atoms with Crippen LogP contribution in [-0.4, -0.2) is 42.3 Å². The lowest BCUT2D eigenvalue weighted by molar-refractivity contribution is -0.0426. The van der Waals surface area contributed by atoms with Crippen molar-refractivity contribution in [3.8, 4) is 6.07 Å². The van der Waals surface area contributed by atoms with Crippen LogP contribution in [-0.2, 0) is 10.0 Å². The monoisotopic (exact) mass is 218 g/mol. The maximum absolute atomic E-state index is 11.5. The molecule has 1 saturated heterocycles. The first kappa shape index (κ1) is 11.4. The summed E-state index contributed by atoms with van der Waals surface area (Å²) in [5, 5.41) is 17.6. The molecule has 0 radical (unpaired) electrons. The summed E-state index contributed by atoms with van der Waals surface area (Å²) >= 11 is 0. The van der Waals surface area contributed by atoms with Gasteiger partial charge in [-0.2, -0.15) is 9.57 Å². The van der Waals surface area contributed by atoms with E-state index in [0.29, 0.717) is 6.42 Å². The maximum Gasteiger partial charge on any atom is 0.214 e. The van der Waals surface area contributed by atoms with Crippen LogP contribution in [0, 0.1) is 11.3 Å². The highest BCUT2D eigenvalue weighted by Crippen LogP contribution is 2.23. The molecule has 0 saturated carbocycles. The standard InChI is InChI=1S/C8H14N2O3S/c1-8(11)6-10(7-8)14(12,13)5-3-2-4-9/h11H,2-3,5-7H2,1H3. The zero-order valence-corrected chi connectivity index (χ0v) is 8.92. The number of β-amino-alcohol motifs (C(OH)–C–C–N with tert-alkyl or cyclic N) is 1. The second-order valence-corrected chi connectivity index (χ2v) is 5.93. The van der Waals surface area contributed by atoms with Gasteiger partial charge in [0.05, 0.1) is 17.4 Å². The van der Waals surface area contributed by atoms with Crippen LogP contribution >= 0.6 is 0 Å². The summed E-state index contributed by atoms with van der Waals surface area (Å²) in [6.45, 7) is 1.94. The number of rotatable bonds is 4. The fourth-order valence-electron chi connectivity index (χ4n) is 1.37. The van der Waals surface area contributed by atoms with E-state index in [9.17, 15) is 13.5 Å². The zero-order valence-electron chi connectivity index (χ0n) is 8.10. The molecule has 5 nitrogen and oxygen atoms in total. The Bertz CT molecular complexity index is 334. The second kappa shape index (κ2) is 3.85. The predicted octanol–water partition coefficient (Wildman–Crippen LogP) is -0.313. The molecule has 0 amide bonds. The van der Waals surface area contributed by atoms with E-state index in [0.717, 1.165) is 0 Å². The Kier molecular flexibility index (Phi) is 3.14. The van der Waals surface area contributed by atoms with Gasteiger partial charge in [0.1, 0.15) is 0 Å².